The molecule has 0 radical (unpaired) electrons. The summed E-state index contributed by atoms with van der Waals surface area (Å²) in [4.78, 5) is 22.1. The Balaban J connectivity index is 2.62. The van der Waals surface area contributed by atoms with E-state index in [1.54, 1.807) is 0 Å². The lowest BCUT2D eigenvalue weighted by Gasteiger charge is -1.99. The quantitative estimate of drug-likeness (QED) is 0.829. The summed E-state index contributed by atoms with van der Waals surface area (Å²) in [6, 6.07) is 0. The van der Waals surface area contributed by atoms with Crippen LogP contribution >= 0.6 is 23.2 Å². The highest BCUT2D eigenvalue weighted by atomic mass is 35.5. The van der Waals surface area contributed by atoms with Crippen molar-refractivity contribution in [3.63, 3.8) is 0 Å². The summed E-state index contributed by atoms with van der Waals surface area (Å²) in [6.07, 6.45) is 1.19. The van der Waals surface area contributed by atoms with Crippen molar-refractivity contribution in [2.45, 2.75) is 0 Å². The highest BCUT2D eigenvalue weighted by molar-refractivity contribution is 6.37. The van der Waals surface area contributed by atoms with Crippen molar-refractivity contribution in [1.82, 2.24) is 24.7 Å². The zero-order valence-corrected chi connectivity index (χ0v) is 9.94. The number of aromatic nitrogens is 5. The van der Waals surface area contributed by atoms with Crippen molar-refractivity contribution in [2.75, 3.05) is 0 Å². The highest BCUT2D eigenvalue weighted by Crippen LogP contribution is 2.29. The van der Waals surface area contributed by atoms with Crippen LogP contribution in [0.25, 0.3) is 11.4 Å². The van der Waals surface area contributed by atoms with Crippen LogP contribution in [0.3, 0.4) is 0 Å². The maximum Gasteiger partial charge on any atom is 0.373 e. The van der Waals surface area contributed by atoms with Gasteiger partial charge in [-0.15, -0.1) is 0 Å². The summed E-state index contributed by atoms with van der Waals surface area (Å²) in [5.74, 6) is -1.35. The Labute approximate surface area is 105 Å². The largest absolute Gasteiger partial charge is 0.475 e. The average molecular weight is 274 g/mol. The monoisotopic (exact) mass is 273 g/mol. The third kappa shape index (κ3) is 2.06. The molecule has 0 amide bonds. The molecule has 7 nitrogen and oxygen atoms in total. The molecule has 0 atom stereocenters. The topological polar surface area (TPSA) is 93.8 Å². The number of hydrogen-bond acceptors (Lipinski definition) is 5. The molecule has 0 spiro atoms. The maximum atomic E-state index is 10.8. The summed E-state index contributed by atoms with van der Waals surface area (Å²) in [6.45, 7) is 0. The molecule has 0 aromatic carbocycles. The van der Waals surface area contributed by atoms with Gasteiger partial charge in [-0.25, -0.2) is 24.4 Å². The first kappa shape index (κ1) is 11.7. The van der Waals surface area contributed by atoms with Gasteiger partial charge < -0.3 is 5.11 Å². The van der Waals surface area contributed by atoms with Crippen LogP contribution in [0.1, 0.15) is 10.6 Å². The van der Waals surface area contributed by atoms with Crippen molar-refractivity contribution >= 4 is 29.2 Å². The highest BCUT2D eigenvalue weighted by Gasteiger charge is 2.20. The fourth-order valence-corrected chi connectivity index (χ4v) is 1.69. The second kappa shape index (κ2) is 4.27. The Morgan fingerprint density at radius 2 is 1.94 bits per heavy atom. The first-order valence-corrected chi connectivity index (χ1v) is 5.07. The maximum absolute atomic E-state index is 10.8. The predicted molar refractivity (Wildman–Crippen MR) is 59.0 cm³/mol. The SMILES string of the molecule is Cn1nc(-c2c(Cl)ncnc2Cl)nc1C(=O)O. The van der Waals surface area contributed by atoms with Gasteiger partial charge >= 0.3 is 5.97 Å². The van der Waals surface area contributed by atoms with Gasteiger partial charge in [0.05, 0.1) is 5.56 Å². The van der Waals surface area contributed by atoms with Crippen LogP contribution in [-0.4, -0.2) is 35.8 Å². The second-order valence-electron chi connectivity index (χ2n) is 3.02. The summed E-state index contributed by atoms with van der Waals surface area (Å²) < 4.78 is 1.11. The van der Waals surface area contributed by atoms with Crippen molar-refractivity contribution < 1.29 is 9.90 Å². The third-order valence-corrected chi connectivity index (χ3v) is 2.51. The van der Waals surface area contributed by atoms with E-state index in [-0.39, 0.29) is 27.5 Å². The van der Waals surface area contributed by atoms with Crippen LogP contribution in [0, 0.1) is 0 Å². The Kier molecular flexibility index (Phi) is 2.95. The van der Waals surface area contributed by atoms with E-state index < -0.39 is 5.97 Å². The number of rotatable bonds is 2. The van der Waals surface area contributed by atoms with Gasteiger partial charge in [0.15, 0.2) is 5.82 Å². The van der Waals surface area contributed by atoms with Crippen LogP contribution in [0.4, 0.5) is 0 Å². The molecule has 0 aliphatic rings. The van der Waals surface area contributed by atoms with E-state index in [9.17, 15) is 4.79 Å². The minimum absolute atomic E-state index is 0.0625. The summed E-state index contributed by atoms with van der Waals surface area (Å²) in [5.41, 5.74) is 0.207. The molecule has 88 valence electrons. The molecular formula is C8H5Cl2N5O2. The van der Waals surface area contributed by atoms with Crippen LogP contribution in [0.5, 0.6) is 0 Å². The van der Waals surface area contributed by atoms with Crippen molar-refractivity contribution in [3.8, 4) is 11.4 Å². The fraction of sp³-hybridized carbons (Fsp3) is 0.125. The molecule has 0 saturated carbocycles. The van der Waals surface area contributed by atoms with E-state index in [1.165, 1.54) is 13.4 Å². The Morgan fingerprint density at radius 3 is 2.41 bits per heavy atom. The van der Waals surface area contributed by atoms with Gasteiger partial charge in [0.25, 0.3) is 0 Å². The number of carboxylic acid groups (broad SMARTS) is 1. The van der Waals surface area contributed by atoms with Gasteiger partial charge in [0.1, 0.15) is 16.6 Å². The van der Waals surface area contributed by atoms with Crippen molar-refractivity contribution in [3.05, 3.63) is 22.5 Å². The third-order valence-electron chi connectivity index (χ3n) is 1.93. The number of halogens is 2. The van der Waals surface area contributed by atoms with E-state index in [4.69, 9.17) is 28.3 Å². The van der Waals surface area contributed by atoms with Gasteiger partial charge in [-0.05, 0) is 0 Å². The first-order chi connectivity index (χ1) is 8.00. The predicted octanol–water partition coefficient (Wildman–Crippen LogP) is 1.28. The molecular weight excluding hydrogens is 269 g/mol. The smallest absolute Gasteiger partial charge is 0.373 e. The van der Waals surface area contributed by atoms with Crippen LogP contribution in [-0.2, 0) is 7.05 Å². The lowest BCUT2D eigenvalue weighted by atomic mass is 10.3. The molecule has 1 N–H and O–H groups in total. The molecule has 0 saturated heterocycles. The van der Waals surface area contributed by atoms with Gasteiger partial charge in [-0.3, -0.25) is 0 Å². The summed E-state index contributed by atoms with van der Waals surface area (Å²) in [7, 11) is 1.45. The fourth-order valence-electron chi connectivity index (χ4n) is 1.21. The number of aryl methyl sites for hydroxylation is 1. The Hall–Kier alpha value is -1.73. The van der Waals surface area contributed by atoms with Gasteiger partial charge in [-0.2, -0.15) is 5.10 Å². The lowest BCUT2D eigenvalue weighted by molar-refractivity contribution is 0.0678. The lowest BCUT2D eigenvalue weighted by Crippen LogP contribution is -2.06. The van der Waals surface area contributed by atoms with Crippen LogP contribution < -0.4 is 0 Å². The molecule has 0 aliphatic carbocycles. The number of nitrogens with zero attached hydrogens (tertiary/aromatic N) is 5. The van der Waals surface area contributed by atoms with E-state index in [0.29, 0.717) is 0 Å². The molecule has 0 aliphatic heterocycles. The Bertz CT molecular complexity index is 577. The average Bonchev–Trinajstić information content (AvgIpc) is 2.60. The first-order valence-electron chi connectivity index (χ1n) is 4.31. The number of aromatic carboxylic acids is 1. The molecule has 9 heteroatoms. The molecule has 17 heavy (non-hydrogen) atoms. The second-order valence-corrected chi connectivity index (χ2v) is 3.73. The molecule has 0 fully saturated rings. The van der Waals surface area contributed by atoms with Crippen molar-refractivity contribution in [2.24, 2.45) is 7.05 Å². The van der Waals surface area contributed by atoms with Crippen molar-refractivity contribution in [1.29, 1.82) is 0 Å². The number of hydrogen-bond donors (Lipinski definition) is 1. The standard InChI is InChI=1S/C8H5Cl2N5O2/c1-15-7(8(16)17)13-6(14-15)3-4(9)11-2-12-5(3)10/h2H,1H3,(H,16,17). The molecule has 2 aromatic heterocycles. The van der Waals surface area contributed by atoms with Gasteiger partial charge in [0.2, 0.25) is 5.82 Å². The van der Waals surface area contributed by atoms with Crippen LogP contribution in [0.15, 0.2) is 6.33 Å². The molecule has 2 heterocycles. The van der Waals surface area contributed by atoms with Crippen LogP contribution in [0.2, 0.25) is 10.3 Å². The summed E-state index contributed by atoms with van der Waals surface area (Å²) in [5, 5.41) is 12.9. The minimum Gasteiger partial charge on any atom is -0.475 e. The number of carbonyl (C=O) groups is 1. The van der Waals surface area contributed by atoms with Gasteiger partial charge in [-0.1, -0.05) is 23.2 Å². The molecule has 0 bridgehead atoms. The Morgan fingerprint density at radius 1 is 1.35 bits per heavy atom. The normalized spacial score (nSPS) is 10.5. The van der Waals surface area contributed by atoms with E-state index >= 15 is 0 Å². The van der Waals surface area contributed by atoms with E-state index in [1.807, 2.05) is 0 Å². The van der Waals surface area contributed by atoms with E-state index in [2.05, 4.69) is 20.1 Å². The molecule has 2 rings (SSSR count). The van der Waals surface area contributed by atoms with Gasteiger partial charge in [0, 0.05) is 7.05 Å². The molecule has 0 unspecified atom stereocenters. The molecule has 2 aromatic rings. The summed E-state index contributed by atoms with van der Waals surface area (Å²) >= 11 is 11.7. The zero-order chi connectivity index (χ0) is 12.6. The number of carboxylic acids is 1. The van der Waals surface area contributed by atoms with E-state index in [0.717, 1.165) is 4.68 Å². The minimum atomic E-state index is -1.20. The zero-order valence-electron chi connectivity index (χ0n) is 8.42.